The van der Waals surface area contributed by atoms with E-state index in [1.165, 1.54) is 0 Å². The van der Waals surface area contributed by atoms with Crippen LogP contribution in [0.25, 0.3) is 6.08 Å². The van der Waals surface area contributed by atoms with Gasteiger partial charge in [0.15, 0.2) is 5.78 Å². The van der Waals surface area contributed by atoms with Crippen LogP contribution in [0.5, 0.6) is 0 Å². The summed E-state index contributed by atoms with van der Waals surface area (Å²) in [5, 5.41) is 9.39. The Bertz CT molecular complexity index is 516. The fourth-order valence-electron chi connectivity index (χ4n) is 1.55. The number of ketones is 1. The van der Waals surface area contributed by atoms with E-state index in [-0.39, 0.29) is 5.78 Å². The smallest absolute Gasteiger partial charge is 0.160 e. The Morgan fingerprint density at radius 1 is 1.50 bits per heavy atom. The van der Waals surface area contributed by atoms with Crippen LogP contribution < -0.4 is 0 Å². The molecule has 0 bridgehead atoms. The van der Waals surface area contributed by atoms with E-state index in [0.717, 1.165) is 11.1 Å². The first kappa shape index (κ1) is 14.2. The molecule has 1 unspecified atom stereocenters. The third kappa shape index (κ3) is 3.87. The average molecular weight is 242 g/mol. The van der Waals surface area contributed by atoms with Crippen LogP contribution in [0.15, 0.2) is 24.3 Å². The number of aliphatic hydroxyl groups is 1. The average Bonchev–Trinajstić information content (AvgIpc) is 2.36. The van der Waals surface area contributed by atoms with Gasteiger partial charge < -0.3 is 5.11 Å². The molecule has 2 nitrogen and oxygen atoms in total. The molecule has 1 atom stereocenters. The highest BCUT2D eigenvalue weighted by molar-refractivity contribution is 5.97. The molecule has 1 rings (SSSR count). The van der Waals surface area contributed by atoms with Gasteiger partial charge in [0.2, 0.25) is 0 Å². The Hall–Kier alpha value is -1.85. The minimum Gasteiger partial charge on any atom is -0.380 e. The van der Waals surface area contributed by atoms with E-state index < -0.39 is 6.10 Å². The van der Waals surface area contributed by atoms with Crippen molar-refractivity contribution < 1.29 is 9.90 Å². The minimum absolute atomic E-state index is 0.0382. The number of benzene rings is 1. The summed E-state index contributed by atoms with van der Waals surface area (Å²) in [5.74, 6) is 5.72. The van der Waals surface area contributed by atoms with Crippen LogP contribution in [-0.2, 0) is 0 Å². The minimum atomic E-state index is -0.595. The molecule has 0 radical (unpaired) electrons. The van der Waals surface area contributed by atoms with Crippen molar-refractivity contribution in [3.63, 3.8) is 0 Å². The SMILES string of the molecule is C/C=C\c1cc(C#CC(O)CC)ccc1C(C)=O. The van der Waals surface area contributed by atoms with E-state index in [1.54, 1.807) is 19.1 Å². The molecule has 1 aromatic carbocycles. The Labute approximate surface area is 108 Å². The maximum absolute atomic E-state index is 11.5. The van der Waals surface area contributed by atoms with Crippen molar-refractivity contribution in [1.29, 1.82) is 0 Å². The molecule has 1 N–H and O–H groups in total. The second kappa shape index (κ2) is 6.78. The van der Waals surface area contributed by atoms with Crippen LogP contribution in [0.2, 0.25) is 0 Å². The Morgan fingerprint density at radius 2 is 2.22 bits per heavy atom. The van der Waals surface area contributed by atoms with Gasteiger partial charge in [-0.15, -0.1) is 0 Å². The second-order valence-corrected chi connectivity index (χ2v) is 4.05. The lowest BCUT2D eigenvalue weighted by Gasteiger charge is -2.03. The number of carbonyl (C=O) groups excluding carboxylic acids is 1. The molecule has 0 spiro atoms. The van der Waals surface area contributed by atoms with E-state index >= 15 is 0 Å². The van der Waals surface area contributed by atoms with Crippen molar-refractivity contribution in [3.8, 4) is 11.8 Å². The lowest BCUT2D eigenvalue weighted by Crippen LogP contribution is -1.99. The number of rotatable bonds is 3. The Morgan fingerprint density at radius 3 is 2.78 bits per heavy atom. The molecule has 0 saturated carbocycles. The fourth-order valence-corrected chi connectivity index (χ4v) is 1.55. The van der Waals surface area contributed by atoms with Gasteiger partial charge in [0.25, 0.3) is 0 Å². The zero-order valence-corrected chi connectivity index (χ0v) is 11.0. The first-order valence-electron chi connectivity index (χ1n) is 6.05. The van der Waals surface area contributed by atoms with Gasteiger partial charge in [0, 0.05) is 11.1 Å². The van der Waals surface area contributed by atoms with E-state index in [9.17, 15) is 9.90 Å². The predicted molar refractivity (Wildman–Crippen MR) is 74.3 cm³/mol. The predicted octanol–water partition coefficient (Wildman–Crippen LogP) is 3.04. The number of allylic oxidation sites excluding steroid dienone is 1. The molecule has 0 aliphatic carbocycles. The summed E-state index contributed by atoms with van der Waals surface area (Å²) < 4.78 is 0. The fraction of sp³-hybridized carbons (Fsp3) is 0.312. The van der Waals surface area contributed by atoms with Gasteiger partial charge >= 0.3 is 0 Å². The van der Waals surface area contributed by atoms with Crippen LogP contribution in [0.1, 0.15) is 48.7 Å². The molecular formula is C16H18O2. The molecule has 0 saturated heterocycles. The Kier molecular flexibility index (Phi) is 5.35. The van der Waals surface area contributed by atoms with E-state index in [0.29, 0.717) is 12.0 Å². The summed E-state index contributed by atoms with van der Waals surface area (Å²) >= 11 is 0. The molecule has 0 amide bonds. The van der Waals surface area contributed by atoms with Crippen molar-refractivity contribution >= 4 is 11.9 Å². The molecule has 0 aliphatic heterocycles. The third-order valence-electron chi connectivity index (χ3n) is 2.55. The summed E-state index contributed by atoms with van der Waals surface area (Å²) in [7, 11) is 0. The number of aliphatic hydroxyl groups excluding tert-OH is 1. The van der Waals surface area contributed by atoms with Gasteiger partial charge in [-0.3, -0.25) is 4.79 Å². The van der Waals surface area contributed by atoms with Crippen LogP contribution in [-0.4, -0.2) is 17.0 Å². The Balaban J connectivity index is 3.14. The van der Waals surface area contributed by atoms with Crippen molar-refractivity contribution in [3.05, 3.63) is 41.0 Å². The van der Waals surface area contributed by atoms with E-state index in [2.05, 4.69) is 11.8 Å². The number of carbonyl (C=O) groups is 1. The lowest BCUT2D eigenvalue weighted by molar-refractivity contribution is 0.101. The third-order valence-corrected chi connectivity index (χ3v) is 2.55. The zero-order valence-electron chi connectivity index (χ0n) is 11.0. The highest BCUT2D eigenvalue weighted by atomic mass is 16.3. The lowest BCUT2D eigenvalue weighted by atomic mass is 10.0. The van der Waals surface area contributed by atoms with Crippen LogP contribution in [0, 0.1) is 11.8 Å². The molecule has 2 heteroatoms. The van der Waals surface area contributed by atoms with Crippen molar-refractivity contribution in [2.45, 2.75) is 33.3 Å². The molecule has 1 aromatic rings. The largest absolute Gasteiger partial charge is 0.380 e. The summed E-state index contributed by atoms with van der Waals surface area (Å²) in [4.78, 5) is 11.5. The number of hydrogen-bond acceptors (Lipinski definition) is 2. The summed E-state index contributed by atoms with van der Waals surface area (Å²) in [5.41, 5.74) is 2.36. The topological polar surface area (TPSA) is 37.3 Å². The van der Waals surface area contributed by atoms with Crippen molar-refractivity contribution in [2.75, 3.05) is 0 Å². The molecule has 94 valence electrons. The summed E-state index contributed by atoms with van der Waals surface area (Å²) in [6.07, 6.45) is 3.79. The van der Waals surface area contributed by atoms with Crippen LogP contribution in [0.4, 0.5) is 0 Å². The molecule has 18 heavy (non-hydrogen) atoms. The highest BCUT2D eigenvalue weighted by Crippen LogP contribution is 2.14. The normalized spacial score (nSPS) is 12.0. The molecule has 0 heterocycles. The highest BCUT2D eigenvalue weighted by Gasteiger charge is 2.05. The van der Waals surface area contributed by atoms with Crippen molar-refractivity contribution in [1.82, 2.24) is 0 Å². The quantitative estimate of drug-likeness (QED) is 0.653. The maximum Gasteiger partial charge on any atom is 0.160 e. The van der Waals surface area contributed by atoms with Crippen LogP contribution >= 0.6 is 0 Å². The van der Waals surface area contributed by atoms with E-state index in [1.807, 2.05) is 32.1 Å². The maximum atomic E-state index is 11.5. The van der Waals surface area contributed by atoms with Gasteiger partial charge in [0.1, 0.15) is 6.10 Å². The number of hydrogen-bond donors (Lipinski definition) is 1. The van der Waals surface area contributed by atoms with Gasteiger partial charge in [0.05, 0.1) is 0 Å². The summed E-state index contributed by atoms with van der Waals surface area (Å²) in [6, 6.07) is 5.45. The van der Waals surface area contributed by atoms with Gasteiger partial charge in [-0.2, -0.15) is 0 Å². The summed E-state index contributed by atoms with van der Waals surface area (Å²) in [6.45, 7) is 5.33. The second-order valence-electron chi connectivity index (χ2n) is 4.05. The standard InChI is InChI=1S/C16H18O2/c1-4-6-14-11-13(7-9-15(18)5-2)8-10-16(14)12(3)17/h4,6,8,10-11,15,18H,5H2,1-3H3/b6-4-. The van der Waals surface area contributed by atoms with Gasteiger partial charge in [-0.1, -0.05) is 30.9 Å². The van der Waals surface area contributed by atoms with Crippen molar-refractivity contribution in [2.24, 2.45) is 0 Å². The number of Topliss-reactive ketones (excluding diaryl/α,β-unsaturated/α-hetero) is 1. The first-order valence-corrected chi connectivity index (χ1v) is 6.05. The molecule has 0 aromatic heterocycles. The monoisotopic (exact) mass is 242 g/mol. The zero-order chi connectivity index (χ0) is 13.5. The van der Waals surface area contributed by atoms with Gasteiger partial charge in [-0.05, 0) is 44.0 Å². The first-order chi connectivity index (χ1) is 8.58. The molecular weight excluding hydrogens is 224 g/mol. The molecule has 0 fully saturated rings. The van der Waals surface area contributed by atoms with Gasteiger partial charge in [-0.25, -0.2) is 0 Å². The van der Waals surface area contributed by atoms with E-state index in [4.69, 9.17) is 0 Å². The molecule has 0 aliphatic rings. The van der Waals surface area contributed by atoms with Crippen LogP contribution in [0.3, 0.4) is 0 Å².